The van der Waals surface area contributed by atoms with Crippen LogP contribution in [0.3, 0.4) is 0 Å². The first-order chi connectivity index (χ1) is 11.3. The van der Waals surface area contributed by atoms with E-state index in [0.29, 0.717) is 31.4 Å². The minimum Gasteiger partial charge on any atom is -0.354 e. The Morgan fingerprint density at radius 1 is 1.12 bits per heavy atom. The Hall–Kier alpha value is -2.05. The highest BCUT2D eigenvalue weighted by Gasteiger charge is 2.30. The molecule has 0 radical (unpaired) electrons. The Kier molecular flexibility index (Phi) is 5.85. The molecule has 2 atom stereocenters. The van der Waals surface area contributed by atoms with Crippen LogP contribution in [0.5, 0.6) is 0 Å². The predicted octanol–water partition coefficient (Wildman–Crippen LogP) is 2.92. The van der Waals surface area contributed by atoms with Crippen molar-refractivity contribution in [1.82, 2.24) is 10.6 Å². The first-order valence-electron chi connectivity index (χ1n) is 8.04. The molecule has 24 heavy (non-hydrogen) atoms. The second kappa shape index (κ2) is 7.68. The van der Waals surface area contributed by atoms with Crippen molar-refractivity contribution in [2.45, 2.75) is 51.6 Å². The van der Waals surface area contributed by atoms with Gasteiger partial charge in [-0.05, 0) is 45.2 Å². The largest absolute Gasteiger partial charge is 0.354 e. The van der Waals surface area contributed by atoms with E-state index in [-0.39, 0.29) is 23.9 Å². The summed E-state index contributed by atoms with van der Waals surface area (Å²) in [7, 11) is 0. The first-order valence-corrected chi connectivity index (χ1v) is 8.04. The molecule has 1 aliphatic carbocycles. The van der Waals surface area contributed by atoms with Crippen LogP contribution >= 0.6 is 0 Å². The number of carbonyl (C=O) groups excluding carboxylic acids is 2. The zero-order valence-corrected chi connectivity index (χ0v) is 13.7. The topological polar surface area (TPSA) is 58.2 Å². The highest BCUT2D eigenvalue weighted by Crippen LogP contribution is 2.25. The average Bonchev–Trinajstić information content (AvgIpc) is 2.51. The smallest absolute Gasteiger partial charge is 0.257 e. The van der Waals surface area contributed by atoms with Crippen molar-refractivity contribution in [1.29, 1.82) is 0 Å². The number of hydrogen-bond acceptors (Lipinski definition) is 2. The van der Waals surface area contributed by atoms with Gasteiger partial charge in [-0.1, -0.05) is 6.42 Å². The van der Waals surface area contributed by atoms with Crippen LogP contribution in [0.15, 0.2) is 12.1 Å². The van der Waals surface area contributed by atoms with Crippen molar-refractivity contribution in [3.05, 3.63) is 35.1 Å². The van der Waals surface area contributed by atoms with Crippen LogP contribution in [0.25, 0.3) is 0 Å². The predicted molar refractivity (Wildman–Crippen MR) is 82.8 cm³/mol. The van der Waals surface area contributed by atoms with Crippen LogP contribution in [0.1, 0.15) is 49.9 Å². The normalized spacial score (nSPS) is 20.8. The summed E-state index contributed by atoms with van der Waals surface area (Å²) >= 11 is 0. The molecule has 0 heterocycles. The van der Waals surface area contributed by atoms with Crippen molar-refractivity contribution in [2.24, 2.45) is 5.92 Å². The molecule has 0 aliphatic heterocycles. The zero-order valence-electron chi connectivity index (χ0n) is 13.7. The van der Waals surface area contributed by atoms with E-state index < -0.39 is 28.9 Å². The van der Waals surface area contributed by atoms with Crippen LogP contribution in [0.4, 0.5) is 13.2 Å². The summed E-state index contributed by atoms with van der Waals surface area (Å²) in [5, 5.41) is 5.34. The van der Waals surface area contributed by atoms with Crippen molar-refractivity contribution < 1.29 is 22.8 Å². The quantitative estimate of drug-likeness (QED) is 0.827. The molecule has 7 heteroatoms. The van der Waals surface area contributed by atoms with E-state index in [0.717, 1.165) is 6.42 Å². The van der Waals surface area contributed by atoms with E-state index in [1.54, 1.807) is 0 Å². The lowest BCUT2D eigenvalue weighted by Crippen LogP contribution is -2.44. The number of benzene rings is 1. The Balaban J connectivity index is 2.04. The van der Waals surface area contributed by atoms with Gasteiger partial charge in [0, 0.05) is 18.0 Å². The molecule has 4 nitrogen and oxygen atoms in total. The van der Waals surface area contributed by atoms with Crippen molar-refractivity contribution in [3.8, 4) is 0 Å². The fraction of sp³-hybridized carbons (Fsp3) is 0.529. The van der Waals surface area contributed by atoms with Gasteiger partial charge in [0.15, 0.2) is 11.6 Å². The number of halogens is 3. The van der Waals surface area contributed by atoms with E-state index >= 15 is 0 Å². The van der Waals surface area contributed by atoms with Gasteiger partial charge in [0.2, 0.25) is 5.91 Å². The molecule has 1 saturated carbocycles. The highest BCUT2D eigenvalue weighted by molar-refractivity contribution is 5.95. The average molecular weight is 342 g/mol. The van der Waals surface area contributed by atoms with E-state index in [1.165, 1.54) is 0 Å². The first kappa shape index (κ1) is 18.3. The standard InChI is InChI=1S/C17H21F3N2O2/c1-9(2)21-16(23)10-4-3-5-11(8-10)22-17(24)14-12(18)6-7-13(19)15(14)20/h6-7,9-11H,3-5,8H2,1-2H3,(H,21,23)(H,22,24). The maximum Gasteiger partial charge on any atom is 0.257 e. The van der Waals surface area contributed by atoms with Crippen molar-refractivity contribution >= 4 is 11.8 Å². The van der Waals surface area contributed by atoms with Gasteiger partial charge in [-0.2, -0.15) is 0 Å². The molecular formula is C17H21F3N2O2. The fourth-order valence-electron chi connectivity index (χ4n) is 2.95. The minimum atomic E-state index is -1.50. The maximum absolute atomic E-state index is 13.7. The summed E-state index contributed by atoms with van der Waals surface area (Å²) in [5.74, 6) is -5.24. The molecule has 0 bridgehead atoms. The summed E-state index contributed by atoms with van der Waals surface area (Å²) in [6.07, 6.45) is 2.42. The van der Waals surface area contributed by atoms with Crippen LogP contribution in [-0.2, 0) is 4.79 Å². The molecule has 1 aromatic carbocycles. The maximum atomic E-state index is 13.7. The molecule has 0 aromatic heterocycles. The van der Waals surface area contributed by atoms with Gasteiger partial charge in [0.1, 0.15) is 11.4 Å². The molecule has 0 spiro atoms. The summed E-state index contributed by atoms with van der Waals surface area (Å²) in [6.45, 7) is 3.71. The molecule has 0 saturated heterocycles. The lowest BCUT2D eigenvalue weighted by molar-refractivity contribution is -0.126. The van der Waals surface area contributed by atoms with E-state index in [9.17, 15) is 22.8 Å². The minimum absolute atomic E-state index is 0.0166. The summed E-state index contributed by atoms with van der Waals surface area (Å²) < 4.78 is 40.5. The molecular weight excluding hydrogens is 321 g/mol. The Labute approximate surface area is 138 Å². The van der Waals surface area contributed by atoms with E-state index in [1.807, 2.05) is 13.8 Å². The summed E-state index contributed by atoms with van der Waals surface area (Å²) in [5.41, 5.74) is -0.927. The van der Waals surface area contributed by atoms with Crippen molar-refractivity contribution in [3.63, 3.8) is 0 Å². The zero-order chi connectivity index (χ0) is 17.9. The fourth-order valence-corrected chi connectivity index (χ4v) is 2.95. The second-order valence-electron chi connectivity index (χ2n) is 6.42. The molecule has 132 valence electrons. The monoisotopic (exact) mass is 342 g/mol. The van der Waals surface area contributed by atoms with Gasteiger partial charge in [0.25, 0.3) is 5.91 Å². The molecule has 2 unspecified atom stereocenters. The van der Waals surface area contributed by atoms with Crippen LogP contribution in [0, 0.1) is 23.4 Å². The Morgan fingerprint density at radius 2 is 1.79 bits per heavy atom. The van der Waals surface area contributed by atoms with Gasteiger partial charge in [-0.3, -0.25) is 9.59 Å². The lowest BCUT2D eigenvalue weighted by atomic mass is 9.85. The lowest BCUT2D eigenvalue weighted by Gasteiger charge is -2.29. The number of nitrogens with one attached hydrogen (secondary N) is 2. The van der Waals surface area contributed by atoms with Gasteiger partial charge in [-0.15, -0.1) is 0 Å². The molecule has 1 aromatic rings. The Morgan fingerprint density at radius 3 is 2.46 bits per heavy atom. The third-order valence-corrected chi connectivity index (χ3v) is 4.08. The number of carbonyl (C=O) groups is 2. The van der Waals surface area contributed by atoms with Gasteiger partial charge >= 0.3 is 0 Å². The van der Waals surface area contributed by atoms with Gasteiger partial charge in [-0.25, -0.2) is 13.2 Å². The molecule has 1 aliphatic rings. The van der Waals surface area contributed by atoms with E-state index in [2.05, 4.69) is 10.6 Å². The number of hydrogen-bond donors (Lipinski definition) is 2. The molecule has 2 N–H and O–H groups in total. The third-order valence-electron chi connectivity index (χ3n) is 4.08. The SMILES string of the molecule is CC(C)NC(=O)C1CCCC(NC(=O)c2c(F)ccc(F)c2F)C1. The van der Waals surface area contributed by atoms with Crippen LogP contribution in [-0.4, -0.2) is 23.9 Å². The molecule has 2 rings (SSSR count). The van der Waals surface area contributed by atoms with Crippen LogP contribution in [0.2, 0.25) is 0 Å². The second-order valence-corrected chi connectivity index (χ2v) is 6.42. The third kappa shape index (κ3) is 4.27. The molecule has 1 fully saturated rings. The summed E-state index contributed by atoms with van der Waals surface area (Å²) in [4.78, 5) is 24.2. The Bertz CT molecular complexity index is 635. The van der Waals surface area contributed by atoms with Crippen LogP contribution < -0.4 is 10.6 Å². The summed E-state index contributed by atoms with van der Waals surface area (Å²) in [6, 6.07) is 0.987. The van der Waals surface area contributed by atoms with E-state index in [4.69, 9.17) is 0 Å². The van der Waals surface area contributed by atoms with Gasteiger partial charge in [0.05, 0.1) is 0 Å². The van der Waals surface area contributed by atoms with Gasteiger partial charge < -0.3 is 10.6 Å². The van der Waals surface area contributed by atoms with Crippen molar-refractivity contribution in [2.75, 3.05) is 0 Å². The molecule has 2 amide bonds. The number of rotatable bonds is 4. The number of amides is 2. The highest BCUT2D eigenvalue weighted by atomic mass is 19.2.